The zero-order chi connectivity index (χ0) is 10.2. The first-order valence-corrected chi connectivity index (χ1v) is 5.09. The number of halogens is 1. The Morgan fingerprint density at radius 2 is 2.21 bits per heavy atom. The predicted octanol–water partition coefficient (Wildman–Crippen LogP) is 1.68. The minimum absolute atomic E-state index is 0.333. The van der Waals surface area contributed by atoms with Gasteiger partial charge in [0.1, 0.15) is 11.4 Å². The van der Waals surface area contributed by atoms with Gasteiger partial charge in [-0.2, -0.15) is 0 Å². The summed E-state index contributed by atoms with van der Waals surface area (Å²) in [5, 5.41) is 10.1. The van der Waals surface area contributed by atoms with Gasteiger partial charge < -0.3 is 14.6 Å². The van der Waals surface area contributed by atoms with Crippen LogP contribution in [0.15, 0.2) is 22.7 Å². The topological polar surface area (TPSA) is 38.7 Å². The number of hydrogen-bond acceptors (Lipinski definition) is 3. The molecule has 1 fully saturated rings. The van der Waals surface area contributed by atoms with E-state index in [2.05, 4.69) is 15.9 Å². The van der Waals surface area contributed by atoms with Crippen LogP contribution < -0.4 is 4.74 Å². The Balaban J connectivity index is 2.43. The number of rotatable bonds is 2. The summed E-state index contributed by atoms with van der Waals surface area (Å²) in [5.41, 5.74) is -0.101. The maximum absolute atomic E-state index is 10.1. The van der Waals surface area contributed by atoms with Gasteiger partial charge >= 0.3 is 0 Å². The normalized spacial score (nSPS) is 18.8. The van der Waals surface area contributed by atoms with E-state index in [4.69, 9.17) is 9.47 Å². The van der Waals surface area contributed by atoms with E-state index in [1.165, 1.54) is 0 Å². The molecule has 76 valence electrons. The molecule has 0 amide bonds. The minimum Gasteiger partial charge on any atom is -0.496 e. The molecule has 1 aromatic rings. The molecule has 0 radical (unpaired) electrons. The molecule has 1 heterocycles. The molecule has 1 aliphatic heterocycles. The first-order chi connectivity index (χ1) is 6.65. The highest BCUT2D eigenvalue weighted by Gasteiger charge is 2.40. The molecule has 0 unspecified atom stereocenters. The lowest BCUT2D eigenvalue weighted by Crippen LogP contribution is -2.46. The lowest BCUT2D eigenvalue weighted by Gasteiger charge is -2.37. The van der Waals surface area contributed by atoms with Crippen LogP contribution >= 0.6 is 15.9 Å². The molecule has 4 heteroatoms. The molecule has 0 aromatic heterocycles. The van der Waals surface area contributed by atoms with Crippen molar-refractivity contribution in [3.63, 3.8) is 0 Å². The van der Waals surface area contributed by atoms with Crippen LogP contribution in [0.1, 0.15) is 5.56 Å². The molecule has 14 heavy (non-hydrogen) atoms. The van der Waals surface area contributed by atoms with Crippen LogP contribution in [0.25, 0.3) is 0 Å². The Bertz CT molecular complexity index is 347. The van der Waals surface area contributed by atoms with Gasteiger partial charge in [-0.15, -0.1) is 0 Å². The zero-order valence-corrected chi connectivity index (χ0v) is 9.37. The van der Waals surface area contributed by atoms with Crippen LogP contribution in [-0.2, 0) is 10.3 Å². The largest absolute Gasteiger partial charge is 0.496 e. The Morgan fingerprint density at radius 3 is 2.71 bits per heavy atom. The molecular weight excluding hydrogens is 248 g/mol. The maximum Gasteiger partial charge on any atom is 0.140 e. The standard InChI is InChI=1S/C10H11BrO3/c1-13-9-3-2-7(11)4-8(9)10(12)5-14-6-10/h2-4,12H,5-6H2,1H3. The highest BCUT2D eigenvalue weighted by molar-refractivity contribution is 9.10. The molecule has 2 rings (SSSR count). The van der Waals surface area contributed by atoms with Crippen molar-refractivity contribution in [1.82, 2.24) is 0 Å². The first kappa shape index (κ1) is 9.96. The van der Waals surface area contributed by atoms with E-state index in [9.17, 15) is 5.11 Å². The van der Waals surface area contributed by atoms with Crippen molar-refractivity contribution in [3.05, 3.63) is 28.2 Å². The van der Waals surface area contributed by atoms with Crippen LogP contribution in [0.5, 0.6) is 5.75 Å². The van der Waals surface area contributed by atoms with Crippen molar-refractivity contribution in [2.24, 2.45) is 0 Å². The van der Waals surface area contributed by atoms with Crippen LogP contribution in [0.3, 0.4) is 0 Å². The molecule has 0 bridgehead atoms. The second kappa shape index (κ2) is 3.53. The monoisotopic (exact) mass is 258 g/mol. The van der Waals surface area contributed by atoms with Crippen molar-refractivity contribution in [2.45, 2.75) is 5.60 Å². The Morgan fingerprint density at radius 1 is 1.50 bits per heavy atom. The van der Waals surface area contributed by atoms with Crippen LogP contribution in [0.4, 0.5) is 0 Å². The third-order valence-corrected chi connectivity index (χ3v) is 2.84. The van der Waals surface area contributed by atoms with Gasteiger partial charge in [0.25, 0.3) is 0 Å². The number of aliphatic hydroxyl groups is 1. The van der Waals surface area contributed by atoms with E-state index < -0.39 is 5.60 Å². The second-order valence-corrected chi connectivity index (χ2v) is 4.28. The summed E-state index contributed by atoms with van der Waals surface area (Å²) in [6.07, 6.45) is 0. The number of ether oxygens (including phenoxy) is 2. The fourth-order valence-corrected chi connectivity index (χ4v) is 1.86. The third kappa shape index (κ3) is 1.54. The number of methoxy groups -OCH3 is 1. The van der Waals surface area contributed by atoms with E-state index >= 15 is 0 Å². The molecule has 1 N–H and O–H groups in total. The van der Waals surface area contributed by atoms with E-state index in [0.29, 0.717) is 19.0 Å². The average Bonchev–Trinajstić information content (AvgIpc) is 2.14. The molecule has 0 aliphatic carbocycles. The summed E-state index contributed by atoms with van der Waals surface area (Å²) < 4.78 is 11.1. The van der Waals surface area contributed by atoms with Gasteiger partial charge in [-0.1, -0.05) is 15.9 Å². The summed E-state index contributed by atoms with van der Waals surface area (Å²) in [6.45, 7) is 0.666. The molecule has 0 saturated carbocycles. The zero-order valence-electron chi connectivity index (χ0n) is 7.79. The molecule has 1 aliphatic rings. The SMILES string of the molecule is COc1ccc(Br)cc1C1(O)COC1. The fraction of sp³-hybridized carbons (Fsp3) is 0.400. The van der Waals surface area contributed by atoms with Crippen LogP contribution in [0.2, 0.25) is 0 Å². The predicted molar refractivity (Wildman–Crippen MR) is 55.4 cm³/mol. The minimum atomic E-state index is -0.880. The van der Waals surface area contributed by atoms with Crippen LogP contribution in [-0.4, -0.2) is 25.4 Å². The average molecular weight is 259 g/mol. The van der Waals surface area contributed by atoms with Crippen molar-refractivity contribution in [2.75, 3.05) is 20.3 Å². The molecule has 3 nitrogen and oxygen atoms in total. The van der Waals surface area contributed by atoms with Crippen molar-refractivity contribution < 1.29 is 14.6 Å². The summed E-state index contributed by atoms with van der Waals surface area (Å²) in [6, 6.07) is 5.57. The van der Waals surface area contributed by atoms with Gasteiger partial charge in [-0.3, -0.25) is 0 Å². The fourth-order valence-electron chi connectivity index (χ4n) is 1.49. The second-order valence-electron chi connectivity index (χ2n) is 3.37. The summed E-state index contributed by atoms with van der Waals surface area (Å²) in [4.78, 5) is 0. The Hall–Kier alpha value is -0.580. The van der Waals surface area contributed by atoms with Gasteiger partial charge in [-0.25, -0.2) is 0 Å². The van der Waals surface area contributed by atoms with Crippen molar-refractivity contribution >= 4 is 15.9 Å². The van der Waals surface area contributed by atoms with E-state index in [1.54, 1.807) is 7.11 Å². The lowest BCUT2D eigenvalue weighted by molar-refractivity contribution is -0.185. The summed E-state index contributed by atoms with van der Waals surface area (Å²) in [5.74, 6) is 0.694. The highest BCUT2D eigenvalue weighted by Crippen LogP contribution is 2.37. The van der Waals surface area contributed by atoms with Gasteiger partial charge in [0.05, 0.1) is 20.3 Å². The third-order valence-electron chi connectivity index (χ3n) is 2.34. The van der Waals surface area contributed by atoms with Gasteiger partial charge in [-0.05, 0) is 18.2 Å². The van der Waals surface area contributed by atoms with Crippen LogP contribution in [0, 0.1) is 0 Å². The van der Waals surface area contributed by atoms with E-state index in [-0.39, 0.29) is 0 Å². The first-order valence-electron chi connectivity index (χ1n) is 4.30. The number of benzene rings is 1. The highest BCUT2D eigenvalue weighted by atomic mass is 79.9. The molecule has 1 saturated heterocycles. The molecule has 0 spiro atoms. The smallest absolute Gasteiger partial charge is 0.140 e. The number of hydrogen-bond donors (Lipinski definition) is 1. The molecule has 0 atom stereocenters. The molecule has 1 aromatic carbocycles. The maximum atomic E-state index is 10.1. The van der Waals surface area contributed by atoms with E-state index in [1.807, 2.05) is 18.2 Å². The van der Waals surface area contributed by atoms with E-state index in [0.717, 1.165) is 10.0 Å². The Kier molecular flexibility index (Phi) is 2.51. The lowest BCUT2D eigenvalue weighted by atomic mass is 9.91. The summed E-state index contributed by atoms with van der Waals surface area (Å²) >= 11 is 3.36. The van der Waals surface area contributed by atoms with Crippen molar-refractivity contribution in [1.29, 1.82) is 0 Å². The van der Waals surface area contributed by atoms with Crippen molar-refractivity contribution in [3.8, 4) is 5.75 Å². The van der Waals surface area contributed by atoms with Gasteiger partial charge in [0, 0.05) is 10.0 Å². The quantitative estimate of drug-likeness (QED) is 0.878. The van der Waals surface area contributed by atoms with Gasteiger partial charge in [0.2, 0.25) is 0 Å². The van der Waals surface area contributed by atoms with Gasteiger partial charge in [0.15, 0.2) is 0 Å². The summed E-state index contributed by atoms with van der Waals surface area (Å²) in [7, 11) is 1.59. The molecular formula is C10H11BrO3. The Labute approximate surface area is 90.8 Å².